The molecule has 0 amide bonds. The Labute approximate surface area is 124 Å². The van der Waals surface area contributed by atoms with Gasteiger partial charge in [0.05, 0.1) is 5.57 Å². The van der Waals surface area contributed by atoms with Crippen LogP contribution in [0.2, 0.25) is 0 Å². The van der Waals surface area contributed by atoms with Gasteiger partial charge in [0, 0.05) is 0 Å². The quantitative estimate of drug-likeness (QED) is 0.366. The molecular weight excluding hydrogens is 264 g/mol. The number of rotatable bonds is 4. The molecule has 108 valence electrons. The van der Waals surface area contributed by atoms with Gasteiger partial charge in [-0.15, -0.1) is 0 Å². The van der Waals surface area contributed by atoms with Crippen LogP contribution in [0.5, 0.6) is 0 Å². The lowest BCUT2D eigenvalue weighted by Gasteiger charge is -2.19. The Morgan fingerprint density at radius 2 is 1.86 bits per heavy atom. The smallest absolute Gasteiger partial charge is 0.342 e. The maximum Gasteiger partial charge on any atom is 0.342 e. The molecule has 0 aromatic heterocycles. The van der Waals surface area contributed by atoms with Crippen molar-refractivity contribution in [2.45, 2.75) is 20.3 Å². The molecule has 1 aliphatic rings. The highest BCUT2D eigenvalue weighted by Gasteiger charge is 2.50. The van der Waals surface area contributed by atoms with Crippen LogP contribution in [0.25, 0.3) is 6.08 Å². The van der Waals surface area contributed by atoms with E-state index in [0.29, 0.717) is 12.0 Å². The first-order valence-corrected chi connectivity index (χ1v) is 6.93. The van der Waals surface area contributed by atoms with Crippen molar-refractivity contribution in [2.75, 3.05) is 0 Å². The zero-order valence-corrected chi connectivity index (χ0v) is 12.2. The molecule has 1 fully saturated rings. The van der Waals surface area contributed by atoms with Crippen LogP contribution in [0.4, 0.5) is 0 Å². The number of cyclic esters (lactones) is 2. The zero-order valence-electron chi connectivity index (χ0n) is 12.2. The fourth-order valence-electron chi connectivity index (χ4n) is 2.42. The normalized spacial score (nSPS) is 24.4. The highest BCUT2D eigenvalue weighted by atomic mass is 16.6. The summed E-state index contributed by atoms with van der Waals surface area (Å²) in [6.45, 7) is 3.63. The number of hydrogen-bond donors (Lipinski definition) is 0. The molecule has 1 atom stereocenters. The summed E-state index contributed by atoms with van der Waals surface area (Å²) in [7, 11) is 0. The summed E-state index contributed by atoms with van der Waals surface area (Å²) in [6, 6.07) is 9.66. The Balaban J connectivity index is 2.45. The van der Waals surface area contributed by atoms with E-state index >= 15 is 0 Å². The molecule has 1 unspecified atom stereocenters. The minimum absolute atomic E-state index is 0.401. The van der Waals surface area contributed by atoms with Crippen LogP contribution < -0.4 is 0 Å². The predicted octanol–water partition coefficient (Wildman–Crippen LogP) is 3.68. The molecule has 1 aromatic carbocycles. The van der Waals surface area contributed by atoms with Gasteiger partial charge < -0.3 is 4.74 Å². The van der Waals surface area contributed by atoms with Crippen molar-refractivity contribution in [1.29, 1.82) is 0 Å². The van der Waals surface area contributed by atoms with Crippen LogP contribution in [-0.4, -0.2) is 11.9 Å². The lowest BCUT2D eigenvalue weighted by Crippen LogP contribution is -2.25. The molecule has 21 heavy (non-hydrogen) atoms. The van der Waals surface area contributed by atoms with E-state index in [2.05, 4.69) is 0 Å². The average Bonchev–Trinajstić information content (AvgIpc) is 2.74. The lowest BCUT2D eigenvalue weighted by atomic mass is 9.78. The Hall–Kier alpha value is -2.42. The van der Waals surface area contributed by atoms with Crippen molar-refractivity contribution >= 4 is 18.0 Å². The second-order valence-electron chi connectivity index (χ2n) is 4.87. The maximum absolute atomic E-state index is 12.2. The number of hydrogen-bond acceptors (Lipinski definition) is 3. The highest BCUT2D eigenvalue weighted by Crippen LogP contribution is 2.41. The van der Waals surface area contributed by atoms with Gasteiger partial charge in [0.25, 0.3) is 0 Å². The van der Waals surface area contributed by atoms with E-state index in [0.717, 1.165) is 5.56 Å². The zero-order chi connectivity index (χ0) is 15.3. The molecule has 0 bridgehead atoms. The van der Waals surface area contributed by atoms with Gasteiger partial charge in [0.15, 0.2) is 0 Å². The molecule has 1 aliphatic heterocycles. The number of carbonyl (C=O) groups is 2. The molecule has 1 saturated heterocycles. The van der Waals surface area contributed by atoms with Gasteiger partial charge in [0.1, 0.15) is 5.41 Å². The monoisotopic (exact) mass is 282 g/mol. The molecule has 0 spiro atoms. The first kappa shape index (κ1) is 15.0. The minimum atomic E-state index is -1.02. The Morgan fingerprint density at radius 1 is 1.14 bits per heavy atom. The predicted molar refractivity (Wildman–Crippen MR) is 82.2 cm³/mol. The third-order valence-electron chi connectivity index (χ3n) is 3.57. The molecule has 0 aliphatic carbocycles. The molecule has 1 aromatic rings. The number of carbonyl (C=O) groups excluding carboxylic acids is 2. The summed E-state index contributed by atoms with van der Waals surface area (Å²) < 4.78 is 4.83. The van der Waals surface area contributed by atoms with E-state index < -0.39 is 17.4 Å². The van der Waals surface area contributed by atoms with E-state index in [4.69, 9.17) is 4.74 Å². The summed E-state index contributed by atoms with van der Waals surface area (Å²) in [6.07, 6.45) is 9.43. The SMILES string of the molecule is CC=CCC1(C=Cc2ccccc2)C(=O)OC(=O)C1=CC. The summed E-state index contributed by atoms with van der Waals surface area (Å²) in [4.78, 5) is 24.1. The van der Waals surface area contributed by atoms with Crippen molar-refractivity contribution in [3.63, 3.8) is 0 Å². The van der Waals surface area contributed by atoms with E-state index in [9.17, 15) is 9.59 Å². The second-order valence-corrected chi connectivity index (χ2v) is 4.87. The van der Waals surface area contributed by atoms with Crippen molar-refractivity contribution in [3.05, 3.63) is 65.8 Å². The van der Waals surface area contributed by atoms with Gasteiger partial charge >= 0.3 is 11.9 Å². The van der Waals surface area contributed by atoms with Crippen molar-refractivity contribution in [1.82, 2.24) is 0 Å². The fourth-order valence-corrected chi connectivity index (χ4v) is 2.42. The highest BCUT2D eigenvalue weighted by molar-refractivity contribution is 6.11. The van der Waals surface area contributed by atoms with Crippen molar-refractivity contribution in [3.8, 4) is 0 Å². The summed E-state index contributed by atoms with van der Waals surface area (Å²) in [5, 5.41) is 0. The summed E-state index contributed by atoms with van der Waals surface area (Å²) >= 11 is 0. The third-order valence-corrected chi connectivity index (χ3v) is 3.57. The first-order valence-electron chi connectivity index (χ1n) is 6.93. The number of benzene rings is 1. The number of ether oxygens (including phenoxy) is 1. The number of allylic oxidation sites excluding steroid dienone is 3. The first-order chi connectivity index (χ1) is 10.1. The minimum Gasteiger partial charge on any atom is -0.389 e. The van der Waals surface area contributed by atoms with Gasteiger partial charge in [-0.05, 0) is 25.8 Å². The molecule has 3 nitrogen and oxygen atoms in total. The second kappa shape index (κ2) is 6.35. The van der Waals surface area contributed by atoms with Gasteiger partial charge in [-0.2, -0.15) is 0 Å². The molecular formula is C18H18O3. The summed E-state index contributed by atoms with van der Waals surface area (Å²) in [5.74, 6) is -1.06. The molecule has 0 N–H and O–H groups in total. The van der Waals surface area contributed by atoms with Gasteiger partial charge in [-0.25, -0.2) is 4.79 Å². The van der Waals surface area contributed by atoms with Gasteiger partial charge in [0.2, 0.25) is 0 Å². The van der Waals surface area contributed by atoms with Crippen LogP contribution >= 0.6 is 0 Å². The topological polar surface area (TPSA) is 43.4 Å². The average molecular weight is 282 g/mol. The molecule has 0 saturated carbocycles. The van der Waals surface area contributed by atoms with E-state index in [1.807, 2.05) is 55.5 Å². The van der Waals surface area contributed by atoms with Gasteiger partial charge in [-0.1, -0.05) is 60.7 Å². The van der Waals surface area contributed by atoms with Crippen molar-refractivity contribution < 1.29 is 14.3 Å². The van der Waals surface area contributed by atoms with E-state index in [1.165, 1.54) is 0 Å². The van der Waals surface area contributed by atoms with Crippen LogP contribution in [0.15, 0.2) is 60.2 Å². The third kappa shape index (κ3) is 2.87. The van der Waals surface area contributed by atoms with Crippen molar-refractivity contribution in [2.24, 2.45) is 5.41 Å². The molecule has 2 rings (SSSR count). The van der Waals surface area contributed by atoms with Gasteiger partial charge in [-0.3, -0.25) is 4.79 Å². The van der Waals surface area contributed by atoms with Crippen LogP contribution in [0.3, 0.4) is 0 Å². The van der Waals surface area contributed by atoms with Crippen LogP contribution in [-0.2, 0) is 14.3 Å². The molecule has 1 heterocycles. The maximum atomic E-state index is 12.2. The largest absolute Gasteiger partial charge is 0.389 e. The van der Waals surface area contributed by atoms with E-state index in [-0.39, 0.29) is 0 Å². The lowest BCUT2D eigenvalue weighted by molar-refractivity contribution is -0.154. The Kier molecular flexibility index (Phi) is 4.53. The molecule has 0 radical (unpaired) electrons. The van der Waals surface area contributed by atoms with Crippen LogP contribution in [0.1, 0.15) is 25.8 Å². The Bertz CT molecular complexity index is 623. The van der Waals surface area contributed by atoms with E-state index in [1.54, 1.807) is 19.1 Å². The van der Waals surface area contributed by atoms with Crippen LogP contribution in [0, 0.1) is 5.41 Å². The molecule has 3 heteroatoms. The fraction of sp³-hybridized carbons (Fsp3) is 0.222. The number of esters is 2. The standard InChI is InChI=1S/C18H18O3/c1-3-5-12-18(13-11-14-9-7-6-8-10-14)15(4-2)16(19)21-17(18)20/h3-11,13H,12H2,1-2H3. The Morgan fingerprint density at radius 3 is 2.48 bits per heavy atom. The summed E-state index contributed by atoms with van der Waals surface area (Å²) in [5.41, 5.74) is 0.353.